The van der Waals surface area contributed by atoms with Gasteiger partial charge in [-0.1, -0.05) is 31.0 Å². The molecule has 3 rings (SSSR count). The minimum absolute atomic E-state index is 0.0408. The van der Waals surface area contributed by atoms with Gasteiger partial charge in [-0.05, 0) is 37.8 Å². The molecule has 5 nitrogen and oxygen atoms in total. The Balaban J connectivity index is 2.16. The summed E-state index contributed by atoms with van der Waals surface area (Å²) in [7, 11) is -4.65. The molecule has 25 heavy (non-hydrogen) atoms. The van der Waals surface area contributed by atoms with E-state index in [0.717, 1.165) is 5.56 Å². The SMILES string of the molecule is Cc1ccc(S(=O)(=O)N2N=C3[C@H](C)CCC[C@@H]3[C@]2(O)C(F)(F)F)cc1. The van der Waals surface area contributed by atoms with Gasteiger partial charge in [0.2, 0.25) is 0 Å². The average molecular weight is 376 g/mol. The highest BCUT2D eigenvalue weighted by Gasteiger charge is 2.70. The highest BCUT2D eigenvalue weighted by Crippen LogP contribution is 2.50. The first-order chi connectivity index (χ1) is 11.5. The molecule has 0 unspecified atom stereocenters. The van der Waals surface area contributed by atoms with Crippen molar-refractivity contribution in [1.82, 2.24) is 4.41 Å². The van der Waals surface area contributed by atoms with Crippen molar-refractivity contribution < 1.29 is 26.7 Å². The first-order valence-corrected chi connectivity index (χ1v) is 9.43. The monoisotopic (exact) mass is 376 g/mol. The molecule has 1 aliphatic heterocycles. The van der Waals surface area contributed by atoms with Crippen LogP contribution in [0.1, 0.15) is 31.7 Å². The molecule has 1 N–H and O–H groups in total. The zero-order valence-corrected chi connectivity index (χ0v) is 14.6. The van der Waals surface area contributed by atoms with Crippen molar-refractivity contribution in [2.45, 2.75) is 49.9 Å². The molecule has 0 radical (unpaired) electrons. The molecule has 9 heteroatoms. The second-order valence-electron chi connectivity index (χ2n) is 6.69. The summed E-state index contributed by atoms with van der Waals surface area (Å²) in [5.74, 6) is -1.69. The van der Waals surface area contributed by atoms with Gasteiger partial charge >= 0.3 is 6.18 Å². The number of hydrogen-bond donors (Lipinski definition) is 1. The third-order valence-electron chi connectivity index (χ3n) is 4.94. The van der Waals surface area contributed by atoms with Gasteiger partial charge in [0, 0.05) is 0 Å². The standard InChI is InChI=1S/C16H19F3N2O3S/c1-10-6-8-12(9-7-10)25(23,24)21-15(22,16(17,18)19)13-5-3-4-11(2)14(13)20-21/h6-9,11,13,22H,3-5H2,1-2H3/t11-,13+,15+/m1/s1. The van der Waals surface area contributed by atoms with E-state index in [1.54, 1.807) is 13.8 Å². The lowest BCUT2D eigenvalue weighted by Crippen LogP contribution is -2.61. The van der Waals surface area contributed by atoms with Crippen LogP contribution in [0.15, 0.2) is 34.3 Å². The fourth-order valence-corrected chi connectivity index (χ4v) is 4.99. The highest BCUT2D eigenvalue weighted by atomic mass is 32.2. The van der Waals surface area contributed by atoms with E-state index < -0.39 is 27.8 Å². The van der Waals surface area contributed by atoms with E-state index in [1.165, 1.54) is 24.3 Å². The second kappa shape index (κ2) is 5.70. The largest absolute Gasteiger partial charge is 0.439 e. The molecule has 138 valence electrons. The molecule has 2 aliphatic rings. The van der Waals surface area contributed by atoms with Gasteiger partial charge in [-0.3, -0.25) is 0 Å². The van der Waals surface area contributed by atoms with E-state index in [0.29, 0.717) is 12.8 Å². The number of nitrogens with zero attached hydrogens (tertiary/aromatic N) is 2. The van der Waals surface area contributed by atoms with Gasteiger partial charge in [0.15, 0.2) is 0 Å². The summed E-state index contributed by atoms with van der Waals surface area (Å²) < 4.78 is 66.8. The van der Waals surface area contributed by atoms with E-state index in [4.69, 9.17) is 0 Å². The van der Waals surface area contributed by atoms with Gasteiger partial charge in [0.05, 0.1) is 16.5 Å². The van der Waals surface area contributed by atoms with Crippen molar-refractivity contribution in [3.05, 3.63) is 29.8 Å². The van der Waals surface area contributed by atoms with Crippen LogP contribution in [-0.2, 0) is 10.0 Å². The van der Waals surface area contributed by atoms with Crippen LogP contribution in [0.5, 0.6) is 0 Å². The normalized spacial score (nSPS) is 30.2. The van der Waals surface area contributed by atoms with Crippen molar-refractivity contribution in [3.63, 3.8) is 0 Å². The van der Waals surface area contributed by atoms with E-state index in [-0.39, 0.29) is 27.4 Å². The van der Waals surface area contributed by atoms with Gasteiger partial charge in [0.1, 0.15) is 0 Å². The van der Waals surface area contributed by atoms with Crippen LogP contribution in [0.25, 0.3) is 0 Å². The minimum Gasteiger partial charge on any atom is -0.361 e. The van der Waals surface area contributed by atoms with Crippen molar-refractivity contribution in [1.29, 1.82) is 0 Å². The Hall–Kier alpha value is -1.61. The maximum Gasteiger partial charge on any atom is 0.439 e. The van der Waals surface area contributed by atoms with Crippen LogP contribution in [-0.4, -0.2) is 35.6 Å². The Bertz CT molecular complexity index is 805. The lowest BCUT2D eigenvalue weighted by atomic mass is 9.76. The molecule has 3 atom stereocenters. The fourth-order valence-electron chi connectivity index (χ4n) is 3.51. The number of fused-ring (bicyclic) bond motifs is 1. The lowest BCUT2D eigenvalue weighted by Gasteiger charge is -2.39. The Morgan fingerprint density at radius 3 is 2.40 bits per heavy atom. The van der Waals surface area contributed by atoms with Gasteiger partial charge in [-0.25, -0.2) is 0 Å². The van der Waals surface area contributed by atoms with Crippen molar-refractivity contribution in [2.24, 2.45) is 16.9 Å². The number of rotatable bonds is 2. The Kier molecular flexibility index (Phi) is 4.15. The van der Waals surface area contributed by atoms with Gasteiger partial charge in [-0.2, -0.15) is 26.7 Å². The van der Waals surface area contributed by atoms with Gasteiger partial charge in [-0.15, -0.1) is 4.41 Å². The summed E-state index contributed by atoms with van der Waals surface area (Å²) in [6.07, 6.45) is -4.04. The molecule has 1 aromatic rings. The van der Waals surface area contributed by atoms with E-state index in [2.05, 4.69) is 5.10 Å². The highest BCUT2D eigenvalue weighted by molar-refractivity contribution is 7.89. The Labute approximate surface area is 144 Å². The molecule has 1 saturated carbocycles. The first kappa shape index (κ1) is 18.2. The fraction of sp³-hybridized carbons (Fsp3) is 0.562. The maximum absolute atomic E-state index is 13.8. The summed E-state index contributed by atoms with van der Waals surface area (Å²) in [5, 5.41) is 14.3. The zero-order chi connectivity index (χ0) is 18.6. The lowest BCUT2D eigenvalue weighted by molar-refractivity contribution is -0.306. The van der Waals surface area contributed by atoms with Crippen molar-refractivity contribution in [2.75, 3.05) is 0 Å². The van der Waals surface area contributed by atoms with Crippen LogP contribution < -0.4 is 0 Å². The van der Waals surface area contributed by atoms with Crippen LogP contribution in [0.3, 0.4) is 0 Å². The molecule has 1 aromatic carbocycles. The minimum atomic E-state index is -5.17. The van der Waals surface area contributed by atoms with Crippen LogP contribution in [0.2, 0.25) is 0 Å². The van der Waals surface area contributed by atoms with E-state index in [9.17, 15) is 26.7 Å². The number of aliphatic hydroxyl groups is 1. The first-order valence-electron chi connectivity index (χ1n) is 7.99. The third kappa shape index (κ3) is 2.64. The quantitative estimate of drug-likeness (QED) is 0.863. The number of halogens is 3. The van der Waals surface area contributed by atoms with Crippen molar-refractivity contribution in [3.8, 4) is 0 Å². The number of aryl methyl sites for hydroxylation is 1. The maximum atomic E-state index is 13.8. The van der Waals surface area contributed by atoms with Crippen LogP contribution in [0, 0.1) is 18.8 Å². The number of hydrogen-bond acceptors (Lipinski definition) is 4. The predicted molar refractivity (Wildman–Crippen MR) is 85.1 cm³/mol. The summed E-state index contributed by atoms with van der Waals surface area (Å²) in [4.78, 5) is -0.337. The average Bonchev–Trinajstić information content (AvgIpc) is 2.84. The second-order valence-corrected chi connectivity index (χ2v) is 8.46. The van der Waals surface area contributed by atoms with E-state index >= 15 is 0 Å². The summed E-state index contributed by atoms with van der Waals surface area (Å²) in [6, 6.07) is 5.40. The molecule has 0 amide bonds. The molecule has 0 spiro atoms. The summed E-state index contributed by atoms with van der Waals surface area (Å²) >= 11 is 0. The number of alkyl halides is 3. The molecule has 0 aromatic heterocycles. The number of sulfonamides is 1. The third-order valence-corrected chi connectivity index (χ3v) is 6.62. The Morgan fingerprint density at radius 1 is 1.24 bits per heavy atom. The zero-order valence-electron chi connectivity index (χ0n) is 13.8. The summed E-state index contributed by atoms with van der Waals surface area (Å²) in [5.41, 5.74) is -2.69. The smallest absolute Gasteiger partial charge is 0.361 e. The molecule has 1 heterocycles. The van der Waals surface area contributed by atoms with Crippen molar-refractivity contribution >= 4 is 15.7 Å². The topological polar surface area (TPSA) is 70.0 Å². The van der Waals surface area contributed by atoms with E-state index in [1.807, 2.05) is 0 Å². The summed E-state index contributed by atoms with van der Waals surface area (Å²) in [6.45, 7) is 3.43. The number of hydrazone groups is 1. The molecular weight excluding hydrogens is 357 g/mol. The van der Waals surface area contributed by atoms with Crippen LogP contribution in [0.4, 0.5) is 13.2 Å². The molecular formula is C16H19F3N2O3S. The molecule has 1 aliphatic carbocycles. The predicted octanol–water partition coefficient (Wildman–Crippen LogP) is 3.04. The van der Waals surface area contributed by atoms with Crippen LogP contribution >= 0.6 is 0 Å². The number of benzene rings is 1. The Morgan fingerprint density at radius 2 is 1.84 bits per heavy atom. The molecule has 0 bridgehead atoms. The molecule has 1 fully saturated rings. The van der Waals surface area contributed by atoms with Gasteiger partial charge in [0.25, 0.3) is 15.7 Å². The molecule has 0 saturated heterocycles. The van der Waals surface area contributed by atoms with Gasteiger partial charge < -0.3 is 5.11 Å².